The van der Waals surface area contributed by atoms with Crippen LogP contribution in [0.5, 0.6) is 5.75 Å². The minimum absolute atomic E-state index is 0.257. The number of benzene rings is 1. The molecule has 0 bridgehead atoms. The second kappa shape index (κ2) is 8.12. The Balaban J connectivity index is 2.42. The molecule has 1 N–H and O–H groups in total. The molecule has 1 aromatic rings. The van der Waals surface area contributed by atoms with Gasteiger partial charge in [-0.3, -0.25) is 0 Å². The maximum atomic E-state index is 14.0. The van der Waals surface area contributed by atoms with Gasteiger partial charge in [0, 0.05) is 25.2 Å². The predicted octanol–water partition coefficient (Wildman–Crippen LogP) is 2.51. The second-order valence-corrected chi connectivity index (χ2v) is 5.27. The van der Waals surface area contributed by atoms with Crippen LogP contribution >= 0.6 is 0 Å². The summed E-state index contributed by atoms with van der Waals surface area (Å²) < 4.78 is 18.9. The van der Waals surface area contributed by atoms with E-state index in [0.29, 0.717) is 23.8 Å². The first-order valence-electron chi connectivity index (χ1n) is 6.75. The van der Waals surface area contributed by atoms with Gasteiger partial charge in [0.1, 0.15) is 0 Å². The van der Waals surface area contributed by atoms with E-state index >= 15 is 0 Å². The van der Waals surface area contributed by atoms with Crippen molar-refractivity contribution in [3.8, 4) is 5.75 Å². The minimum Gasteiger partial charge on any atom is -0.494 e. The maximum Gasteiger partial charge on any atom is 0.169 e. The standard InChI is InChI=1S/C15H25FN2O/c1-12(2)10-17-8-9-18(3)11-13-6-5-7-14(19-4)15(13)16/h5-7,12,17H,8-11H2,1-4H3. The quantitative estimate of drug-likeness (QED) is 0.733. The van der Waals surface area contributed by atoms with E-state index in [1.807, 2.05) is 13.1 Å². The van der Waals surface area contributed by atoms with Crippen LogP contribution in [0.3, 0.4) is 0 Å². The van der Waals surface area contributed by atoms with Crippen LogP contribution in [0.25, 0.3) is 0 Å². The molecule has 0 saturated carbocycles. The maximum absolute atomic E-state index is 14.0. The number of likely N-dealkylation sites (N-methyl/N-ethyl adjacent to an activating group) is 1. The highest BCUT2D eigenvalue weighted by atomic mass is 19.1. The van der Waals surface area contributed by atoms with Crippen LogP contribution in [-0.4, -0.2) is 38.7 Å². The van der Waals surface area contributed by atoms with Gasteiger partial charge in [-0.25, -0.2) is 4.39 Å². The topological polar surface area (TPSA) is 24.5 Å². The first kappa shape index (κ1) is 15.9. The summed E-state index contributed by atoms with van der Waals surface area (Å²) in [4.78, 5) is 2.10. The van der Waals surface area contributed by atoms with Crippen LogP contribution < -0.4 is 10.1 Å². The third-order valence-electron chi connectivity index (χ3n) is 2.93. The van der Waals surface area contributed by atoms with Gasteiger partial charge < -0.3 is 15.0 Å². The molecule has 0 fully saturated rings. The lowest BCUT2D eigenvalue weighted by atomic mass is 10.2. The molecule has 0 amide bonds. The summed E-state index contributed by atoms with van der Waals surface area (Å²) in [6.45, 7) is 7.78. The van der Waals surface area contributed by atoms with E-state index in [2.05, 4.69) is 24.1 Å². The van der Waals surface area contributed by atoms with Crippen molar-refractivity contribution in [3.63, 3.8) is 0 Å². The molecule has 0 aliphatic carbocycles. The predicted molar refractivity (Wildman–Crippen MR) is 77.0 cm³/mol. The Morgan fingerprint density at radius 1 is 1.37 bits per heavy atom. The lowest BCUT2D eigenvalue weighted by molar-refractivity contribution is 0.312. The molecule has 1 rings (SSSR count). The van der Waals surface area contributed by atoms with Crippen molar-refractivity contribution >= 4 is 0 Å². The Kier molecular flexibility index (Phi) is 6.81. The fourth-order valence-corrected chi connectivity index (χ4v) is 1.87. The smallest absolute Gasteiger partial charge is 0.169 e. The van der Waals surface area contributed by atoms with Gasteiger partial charge in [-0.15, -0.1) is 0 Å². The monoisotopic (exact) mass is 268 g/mol. The highest BCUT2D eigenvalue weighted by Crippen LogP contribution is 2.20. The van der Waals surface area contributed by atoms with Crippen LogP contribution in [0, 0.1) is 11.7 Å². The Bertz CT molecular complexity index is 382. The molecule has 0 saturated heterocycles. The number of hydrogen-bond donors (Lipinski definition) is 1. The highest BCUT2D eigenvalue weighted by Gasteiger charge is 2.10. The van der Waals surface area contributed by atoms with Crippen LogP contribution in [0.4, 0.5) is 4.39 Å². The molecule has 19 heavy (non-hydrogen) atoms. The molecule has 108 valence electrons. The van der Waals surface area contributed by atoms with E-state index in [1.165, 1.54) is 7.11 Å². The van der Waals surface area contributed by atoms with Gasteiger partial charge in [-0.1, -0.05) is 26.0 Å². The molecule has 0 spiro atoms. The number of rotatable bonds is 8. The molecule has 0 heterocycles. The summed E-state index contributed by atoms with van der Waals surface area (Å²) in [5.41, 5.74) is 0.672. The van der Waals surface area contributed by atoms with Gasteiger partial charge in [0.25, 0.3) is 0 Å². The third-order valence-corrected chi connectivity index (χ3v) is 2.93. The van der Waals surface area contributed by atoms with Crippen LogP contribution in [0.15, 0.2) is 18.2 Å². The average Bonchev–Trinajstić information content (AvgIpc) is 2.37. The van der Waals surface area contributed by atoms with Crippen molar-refractivity contribution < 1.29 is 9.13 Å². The van der Waals surface area contributed by atoms with E-state index in [9.17, 15) is 4.39 Å². The Labute approximate surface area is 115 Å². The summed E-state index contributed by atoms with van der Waals surface area (Å²) in [6, 6.07) is 5.26. The summed E-state index contributed by atoms with van der Waals surface area (Å²) in [5.74, 6) is 0.706. The second-order valence-electron chi connectivity index (χ2n) is 5.27. The number of methoxy groups -OCH3 is 1. The van der Waals surface area contributed by atoms with Crippen molar-refractivity contribution in [1.82, 2.24) is 10.2 Å². The molecule has 0 aliphatic heterocycles. The molecule has 0 radical (unpaired) electrons. The van der Waals surface area contributed by atoms with E-state index in [-0.39, 0.29) is 5.82 Å². The summed E-state index contributed by atoms with van der Waals surface area (Å²) >= 11 is 0. The summed E-state index contributed by atoms with van der Waals surface area (Å²) in [7, 11) is 3.48. The van der Waals surface area contributed by atoms with Gasteiger partial charge in [-0.2, -0.15) is 0 Å². The Morgan fingerprint density at radius 3 is 2.74 bits per heavy atom. The molecule has 4 heteroatoms. The zero-order valence-corrected chi connectivity index (χ0v) is 12.4. The Morgan fingerprint density at radius 2 is 2.11 bits per heavy atom. The number of hydrogen-bond acceptors (Lipinski definition) is 3. The SMILES string of the molecule is COc1cccc(CN(C)CCNCC(C)C)c1F. The zero-order valence-electron chi connectivity index (χ0n) is 12.4. The molecular formula is C15H25FN2O. The van der Waals surface area contributed by atoms with Crippen molar-refractivity contribution in [2.45, 2.75) is 20.4 Å². The number of nitrogens with one attached hydrogen (secondary N) is 1. The average molecular weight is 268 g/mol. The summed E-state index contributed by atoms with van der Waals surface area (Å²) in [6.07, 6.45) is 0. The van der Waals surface area contributed by atoms with Crippen molar-refractivity contribution in [3.05, 3.63) is 29.6 Å². The fraction of sp³-hybridized carbons (Fsp3) is 0.600. The van der Waals surface area contributed by atoms with Crippen molar-refractivity contribution in [2.24, 2.45) is 5.92 Å². The highest BCUT2D eigenvalue weighted by molar-refractivity contribution is 5.30. The van der Waals surface area contributed by atoms with Crippen molar-refractivity contribution in [1.29, 1.82) is 0 Å². The van der Waals surface area contributed by atoms with Gasteiger partial charge in [-0.05, 0) is 25.6 Å². The lowest BCUT2D eigenvalue weighted by Gasteiger charge is -2.18. The number of nitrogens with zero attached hydrogens (tertiary/aromatic N) is 1. The first-order chi connectivity index (χ1) is 9.04. The van der Waals surface area contributed by atoms with Gasteiger partial charge in [0.2, 0.25) is 0 Å². The van der Waals surface area contributed by atoms with Crippen LogP contribution in [0.1, 0.15) is 19.4 Å². The molecule has 0 atom stereocenters. The largest absolute Gasteiger partial charge is 0.494 e. The molecule has 0 aromatic heterocycles. The van der Waals surface area contributed by atoms with E-state index < -0.39 is 0 Å². The van der Waals surface area contributed by atoms with Gasteiger partial charge in [0.05, 0.1) is 7.11 Å². The fourth-order valence-electron chi connectivity index (χ4n) is 1.87. The van der Waals surface area contributed by atoms with E-state index in [4.69, 9.17) is 4.74 Å². The van der Waals surface area contributed by atoms with E-state index in [1.54, 1.807) is 12.1 Å². The zero-order chi connectivity index (χ0) is 14.3. The molecule has 1 aromatic carbocycles. The molecular weight excluding hydrogens is 243 g/mol. The molecule has 3 nitrogen and oxygen atoms in total. The Hall–Kier alpha value is -1.13. The molecule has 0 aliphatic rings. The van der Waals surface area contributed by atoms with E-state index in [0.717, 1.165) is 19.6 Å². The molecule has 0 unspecified atom stereocenters. The van der Waals surface area contributed by atoms with Gasteiger partial charge >= 0.3 is 0 Å². The summed E-state index contributed by atoms with van der Waals surface area (Å²) in [5, 5.41) is 3.38. The number of ether oxygens (including phenoxy) is 1. The van der Waals surface area contributed by atoms with Gasteiger partial charge in [0.15, 0.2) is 11.6 Å². The minimum atomic E-state index is -0.257. The van der Waals surface area contributed by atoms with Crippen LogP contribution in [0.2, 0.25) is 0 Å². The normalized spacial score (nSPS) is 11.3. The van der Waals surface area contributed by atoms with Crippen LogP contribution in [-0.2, 0) is 6.54 Å². The first-order valence-corrected chi connectivity index (χ1v) is 6.75. The number of halogens is 1. The lowest BCUT2D eigenvalue weighted by Crippen LogP contribution is -2.31. The third kappa shape index (κ3) is 5.57. The van der Waals surface area contributed by atoms with Crippen molar-refractivity contribution in [2.75, 3.05) is 33.8 Å².